The smallest absolute Gasteiger partial charge is 0.322 e. The van der Waals surface area contributed by atoms with E-state index in [1.807, 2.05) is 42.6 Å². The van der Waals surface area contributed by atoms with Gasteiger partial charge in [-0.1, -0.05) is 53.0 Å². The molecule has 0 radical (unpaired) electrons. The molecule has 0 saturated heterocycles. The van der Waals surface area contributed by atoms with Crippen LogP contribution in [0.3, 0.4) is 0 Å². The fourth-order valence-corrected chi connectivity index (χ4v) is 3.44. The molecule has 1 heterocycles. The molecule has 3 aromatic rings. The van der Waals surface area contributed by atoms with Crippen LogP contribution in [-0.4, -0.2) is 22.0 Å². The molecule has 0 aliphatic carbocycles. The van der Waals surface area contributed by atoms with Crippen molar-refractivity contribution >= 4 is 46.5 Å². The Kier molecular flexibility index (Phi) is 7.26. The van der Waals surface area contributed by atoms with Gasteiger partial charge in [0.05, 0.1) is 16.6 Å². The van der Waals surface area contributed by atoms with E-state index in [0.29, 0.717) is 40.4 Å². The maximum Gasteiger partial charge on any atom is 0.322 e. The fourth-order valence-electron chi connectivity index (χ4n) is 2.93. The summed E-state index contributed by atoms with van der Waals surface area (Å²) in [6.07, 6.45) is 3.68. The summed E-state index contributed by atoms with van der Waals surface area (Å²) in [5, 5.41) is 4.37. The van der Waals surface area contributed by atoms with E-state index in [0.717, 1.165) is 11.3 Å². The molecule has 150 valence electrons. The van der Waals surface area contributed by atoms with Crippen LogP contribution in [0.2, 0.25) is 15.1 Å². The number of hydrogen-bond donors (Lipinski definition) is 1. The zero-order valence-corrected chi connectivity index (χ0v) is 17.9. The van der Waals surface area contributed by atoms with E-state index in [1.54, 1.807) is 29.2 Å². The Morgan fingerprint density at radius 2 is 1.90 bits per heavy atom. The van der Waals surface area contributed by atoms with Crippen molar-refractivity contribution in [3.63, 3.8) is 0 Å². The van der Waals surface area contributed by atoms with Gasteiger partial charge in [0.15, 0.2) is 0 Å². The molecular formula is C22H20Cl3N3O. The summed E-state index contributed by atoms with van der Waals surface area (Å²) in [5.74, 6) is 0. The van der Waals surface area contributed by atoms with Gasteiger partial charge in [-0.15, -0.1) is 6.58 Å². The number of halogens is 3. The summed E-state index contributed by atoms with van der Waals surface area (Å²) in [4.78, 5) is 14.5. The minimum atomic E-state index is -0.251. The van der Waals surface area contributed by atoms with Gasteiger partial charge in [0.2, 0.25) is 0 Å². The molecule has 0 saturated carbocycles. The van der Waals surface area contributed by atoms with Gasteiger partial charge in [-0.25, -0.2) is 4.79 Å². The maximum absolute atomic E-state index is 12.8. The van der Waals surface area contributed by atoms with Crippen LogP contribution < -0.4 is 5.32 Å². The van der Waals surface area contributed by atoms with E-state index in [9.17, 15) is 4.79 Å². The largest absolute Gasteiger partial charge is 0.345 e. The molecule has 0 spiro atoms. The van der Waals surface area contributed by atoms with Gasteiger partial charge in [-0.3, -0.25) is 0 Å². The average Bonchev–Trinajstić information content (AvgIpc) is 3.11. The Morgan fingerprint density at radius 3 is 2.62 bits per heavy atom. The average molecular weight is 449 g/mol. The maximum atomic E-state index is 12.8. The lowest BCUT2D eigenvalue weighted by atomic mass is 10.2. The fraction of sp³-hybridized carbons (Fsp3) is 0.136. The zero-order valence-electron chi connectivity index (χ0n) is 15.6. The molecule has 2 aromatic carbocycles. The number of hydrogen-bond acceptors (Lipinski definition) is 1. The summed E-state index contributed by atoms with van der Waals surface area (Å²) >= 11 is 18.1. The molecule has 0 bridgehead atoms. The number of rotatable bonds is 7. The highest BCUT2D eigenvalue weighted by Crippen LogP contribution is 2.25. The topological polar surface area (TPSA) is 37.3 Å². The van der Waals surface area contributed by atoms with Crippen molar-refractivity contribution in [2.24, 2.45) is 0 Å². The molecule has 1 N–H and O–H groups in total. The Labute approximate surface area is 185 Å². The second-order valence-electron chi connectivity index (χ2n) is 6.49. The number of nitrogens with zero attached hydrogens (tertiary/aromatic N) is 2. The number of amides is 2. The van der Waals surface area contributed by atoms with Crippen molar-refractivity contribution in [3.8, 4) is 0 Å². The second-order valence-corrected chi connectivity index (χ2v) is 7.74. The van der Waals surface area contributed by atoms with Crippen LogP contribution >= 0.6 is 34.8 Å². The quantitative estimate of drug-likeness (QED) is 0.400. The normalized spacial score (nSPS) is 10.6. The molecule has 0 aliphatic rings. The van der Waals surface area contributed by atoms with Crippen molar-refractivity contribution in [2.75, 3.05) is 11.9 Å². The predicted octanol–water partition coefficient (Wildman–Crippen LogP) is 6.72. The number of carbonyl (C=O) groups is 1. The number of urea groups is 1. The first kappa shape index (κ1) is 21.3. The molecule has 4 nitrogen and oxygen atoms in total. The first-order chi connectivity index (χ1) is 14.0. The standard InChI is InChI=1S/C22H20Cl3N3O/c1-2-10-28(22(29)26-18-8-9-20(24)21(25)13-18)15-19-7-4-11-27(19)14-16-5-3-6-17(23)12-16/h2-9,11-13H,1,10,14-15H2,(H,26,29). The molecular weight excluding hydrogens is 429 g/mol. The monoisotopic (exact) mass is 447 g/mol. The van der Waals surface area contributed by atoms with Crippen molar-refractivity contribution < 1.29 is 4.79 Å². The van der Waals surface area contributed by atoms with Crippen LogP contribution in [0, 0.1) is 0 Å². The minimum absolute atomic E-state index is 0.251. The molecule has 0 fully saturated rings. The molecule has 0 atom stereocenters. The Hall–Kier alpha value is -2.40. The molecule has 2 amide bonds. The lowest BCUT2D eigenvalue weighted by Gasteiger charge is -2.23. The Morgan fingerprint density at radius 1 is 1.07 bits per heavy atom. The Balaban J connectivity index is 1.73. The van der Waals surface area contributed by atoms with Crippen LogP contribution in [0.1, 0.15) is 11.3 Å². The van der Waals surface area contributed by atoms with Gasteiger partial charge in [0.1, 0.15) is 0 Å². The highest BCUT2D eigenvalue weighted by molar-refractivity contribution is 6.42. The van der Waals surface area contributed by atoms with E-state index >= 15 is 0 Å². The summed E-state index contributed by atoms with van der Waals surface area (Å²) in [6.45, 7) is 5.25. The highest BCUT2D eigenvalue weighted by Gasteiger charge is 2.15. The summed E-state index contributed by atoms with van der Waals surface area (Å²) < 4.78 is 2.09. The van der Waals surface area contributed by atoms with Crippen LogP contribution in [0.15, 0.2) is 73.4 Å². The summed E-state index contributed by atoms with van der Waals surface area (Å²) in [5.41, 5.74) is 2.66. The van der Waals surface area contributed by atoms with Crippen LogP contribution in [0.5, 0.6) is 0 Å². The number of benzene rings is 2. The van der Waals surface area contributed by atoms with E-state index < -0.39 is 0 Å². The van der Waals surface area contributed by atoms with Gasteiger partial charge >= 0.3 is 6.03 Å². The van der Waals surface area contributed by atoms with Gasteiger partial charge in [-0.05, 0) is 48.0 Å². The first-order valence-electron chi connectivity index (χ1n) is 8.96. The van der Waals surface area contributed by atoms with Crippen LogP contribution in [-0.2, 0) is 13.1 Å². The third-order valence-electron chi connectivity index (χ3n) is 4.33. The van der Waals surface area contributed by atoms with Crippen LogP contribution in [0.25, 0.3) is 0 Å². The number of aromatic nitrogens is 1. The lowest BCUT2D eigenvalue weighted by molar-refractivity contribution is 0.214. The van der Waals surface area contributed by atoms with Gasteiger partial charge < -0.3 is 14.8 Å². The van der Waals surface area contributed by atoms with Crippen molar-refractivity contribution in [1.29, 1.82) is 0 Å². The lowest BCUT2D eigenvalue weighted by Crippen LogP contribution is -2.35. The van der Waals surface area contributed by atoms with Crippen molar-refractivity contribution in [2.45, 2.75) is 13.1 Å². The first-order valence-corrected chi connectivity index (χ1v) is 10.1. The molecule has 1 aromatic heterocycles. The molecule has 0 unspecified atom stereocenters. The third-order valence-corrected chi connectivity index (χ3v) is 5.30. The van der Waals surface area contributed by atoms with Gasteiger partial charge in [-0.2, -0.15) is 0 Å². The molecule has 7 heteroatoms. The number of carbonyl (C=O) groups excluding carboxylic acids is 1. The minimum Gasteiger partial charge on any atom is -0.345 e. The van der Waals surface area contributed by atoms with E-state index in [4.69, 9.17) is 34.8 Å². The van der Waals surface area contributed by atoms with Gasteiger partial charge in [0.25, 0.3) is 0 Å². The number of anilines is 1. The number of nitrogens with one attached hydrogen (secondary N) is 1. The van der Waals surface area contributed by atoms with Gasteiger partial charge in [0, 0.05) is 35.7 Å². The third kappa shape index (κ3) is 5.80. The highest BCUT2D eigenvalue weighted by atomic mass is 35.5. The molecule has 29 heavy (non-hydrogen) atoms. The molecule has 3 rings (SSSR count). The van der Waals surface area contributed by atoms with Crippen molar-refractivity contribution in [3.05, 3.63) is 99.8 Å². The molecule has 0 aliphatic heterocycles. The van der Waals surface area contributed by atoms with E-state index in [2.05, 4.69) is 16.5 Å². The van der Waals surface area contributed by atoms with Crippen molar-refractivity contribution in [1.82, 2.24) is 9.47 Å². The van der Waals surface area contributed by atoms with Crippen LogP contribution in [0.4, 0.5) is 10.5 Å². The second kappa shape index (κ2) is 9.88. The summed E-state index contributed by atoms with van der Waals surface area (Å²) in [6, 6.07) is 16.4. The van der Waals surface area contributed by atoms with E-state index in [-0.39, 0.29) is 6.03 Å². The zero-order chi connectivity index (χ0) is 20.8. The SMILES string of the molecule is C=CCN(Cc1cccn1Cc1cccc(Cl)c1)C(=O)Nc1ccc(Cl)c(Cl)c1. The summed E-state index contributed by atoms with van der Waals surface area (Å²) in [7, 11) is 0. The Bertz CT molecular complexity index is 1020. The van der Waals surface area contributed by atoms with E-state index in [1.165, 1.54) is 0 Å². The predicted molar refractivity (Wildman–Crippen MR) is 121 cm³/mol.